The summed E-state index contributed by atoms with van der Waals surface area (Å²) in [4.78, 5) is 27.3. The van der Waals surface area contributed by atoms with Gasteiger partial charge in [-0.15, -0.1) is 0 Å². The number of fused-ring (bicyclic) bond motifs is 1. The average Bonchev–Trinajstić information content (AvgIpc) is 2.84. The number of benzene rings is 1. The Labute approximate surface area is 213 Å². The van der Waals surface area contributed by atoms with Crippen LogP contribution in [0, 0.1) is 18.6 Å². The lowest BCUT2D eigenvalue weighted by molar-refractivity contribution is -0.147. The normalized spacial score (nSPS) is 18.3. The lowest BCUT2D eigenvalue weighted by atomic mass is 10.1. The Morgan fingerprint density at radius 1 is 1.05 bits per heavy atom. The molecule has 0 spiro atoms. The maximum Gasteiger partial charge on any atom is 0.449 e. The Morgan fingerprint density at radius 2 is 1.82 bits per heavy atom. The summed E-state index contributed by atoms with van der Waals surface area (Å²) in [5, 5.41) is -0.181. The largest absolute Gasteiger partial charge is 0.449 e. The number of halogens is 5. The van der Waals surface area contributed by atoms with Gasteiger partial charge in [-0.1, -0.05) is 0 Å². The van der Waals surface area contributed by atoms with E-state index in [0.29, 0.717) is 23.7 Å². The van der Waals surface area contributed by atoms with Crippen LogP contribution < -0.4 is 10.5 Å². The second-order valence-corrected chi connectivity index (χ2v) is 9.22. The number of rotatable bonds is 3. The van der Waals surface area contributed by atoms with E-state index in [0.717, 1.165) is 30.4 Å². The molecule has 1 saturated heterocycles. The first-order chi connectivity index (χ1) is 17.9. The van der Waals surface area contributed by atoms with E-state index in [9.17, 15) is 26.7 Å². The van der Waals surface area contributed by atoms with Crippen molar-refractivity contribution in [1.29, 1.82) is 0 Å². The first-order valence-electron chi connectivity index (χ1n) is 11.7. The number of aryl methyl sites for hydroxylation is 1. The molecular weight excluding hydrogens is 509 g/mol. The van der Waals surface area contributed by atoms with E-state index < -0.39 is 40.8 Å². The van der Waals surface area contributed by atoms with E-state index in [-0.39, 0.29) is 28.6 Å². The van der Waals surface area contributed by atoms with Gasteiger partial charge in [-0.25, -0.2) is 18.7 Å². The first kappa shape index (κ1) is 25.7. The Hall–Kier alpha value is -3.93. The molecule has 0 aliphatic carbocycles. The molecule has 2 atom stereocenters. The molecule has 1 aromatic carbocycles. The molecule has 12 heteroatoms. The van der Waals surface area contributed by atoms with Gasteiger partial charge in [0.2, 0.25) is 5.82 Å². The third kappa shape index (κ3) is 4.71. The number of hydrogen-bond donors (Lipinski definition) is 0. The third-order valence-electron chi connectivity index (χ3n) is 6.37. The molecular formula is C26H22F5N5O2. The van der Waals surface area contributed by atoms with Crippen LogP contribution in [0.25, 0.3) is 22.2 Å². The van der Waals surface area contributed by atoms with Crippen molar-refractivity contribution in [1.82, 2.24) is 19.5 Å². The van der Waals surface area contributed by atoms with E-state index in [1.807, 2.05) is 30.9 Å². The quantitative estimate of drug-likeness (QED) is 0.348. The molecule has 1 aliphatic heterocycles. The third-order valence-corrected chi connectivity index (χ3v) is 6.37. The minimum atomic E-state index is -4.95. The molecule has 0 saturated carbocycles. The van der Waals surface area contributed by atoms with Crippen LogP contribution in [-0.2, 0) is 18.0 Å². The minimum absolute atomic E-state index is 0.181. The van der Waals surface area contributed by atoms with Gasteiger partial charge in [0.25, 0.3) is 5.56 Å². The SMILES string of the molecule is Cc1cc([C@@H]2CN(c3cc4c(=O)n(C)c(C(F)(F)F)nc4c(-c4ccc(F)cc4F)n3)C[C@H](C)O2)ccn1. The molecule has 0 unspecified atom stereocenters. The second kappa shape index (κ2) is 9.43. The fraction of sp³-hybridized carbons (Fsp3) is 0.308. The van der Waals surface area contributed by atoms with Crippen molar-refractivity contribution in [3.05, 3.63) is 81.7 Å². The zero-order valence-corrected chi connectivity index (χ0v) is 20.6. The number of anilines is 1. The van der Waals surface area contributed by atoms with Crippen LogP contribution in [0.2, 0.25) is 0 Å². The van der Waals surface area contributed by atoms with Crippen LogP contribution in [0.4, 0.5) is 27.8 Å². The van der Waals surface area contributed by atoms with Gasteiger partial charge in [0.15, 0.2) is 0 Å². The standard InChI is InChI=1S/C26H22F5N5O2/c1-13-8-15(6-7-32-13)20-12-36(11-14(2)38-20)21-10-18-23(34-25(26(29,30)31)35(3)24(18)37)22(33-21)17-5-4-16(27)9-19(17)28/h4-10,14,20H,11-12H2,1-3H3/t14-,20-/m0/s1. The Bertz CT molecular complexity index is 1600. The van der Waals surface area contributed by atoms with Crippen LogP contribution >= 0.6 is 0 Å². The summed E-state index contributed by atoms with van der Waals surface area (Å²) in [5.74, 6) is -3.15. The molecule has 4 aromatic rings. The van der Waals surface area contributed by atoms with Gasteiger partial charge in [-0.05, 0) is 49.7 Å². The summed E-state index contributed by atoms with van der Waals surface area (Å²) >= 11 is 0. The van der Waals surface area contributed by atoms with Crippen molar-refractivity contribution in [2.45, 2.75) is 32.2 Å². The first-order valence-corrected chi connectivity index (χ1v) is 11.7. The predicted molar refractivity (Wildman–Crippen MR) is 130 cm³/mol. The van der Waals surface area contributed by atoms with Gasteiger partial charge in [0.05, 0.1) is 11.5 Å². The summed E-state index contributed by atoms with van der Waals surface area (Å²) in [6.45, 7) is 4.34. The second-order valence-electron chi connectivity index (χ2n) is 9.22. The molecule has 0 bridgehead atoms. The van der Waals surface area contributed by atoms with Gasteiger partial charge in [0.1, 0.15) is 34.8 Å². The molecule has 0 N–H and O–H groups in total. The molecule has 4 heterocycles. The lowest BCUT2D eigenvalue weighted by Gasteiger charge is -2.38. The van der Waals surface area contributed by atoms with E-state index in [1.165, 1.54) is 6.07 Å². The van der Waals surface area contributed by atoms with Gasteiger partial charge in [-0.3, -0.25) is 14.3 Å². The zero-order chi connectivity index (χ0) is 27.4. The molecule has 5 rings (SSSR count). The van der Waals surface area contributed by atoms with Crippen LogP contribution in [0.3, 0.4) is 0 Å². The highest BCUT2D eigenvalue weighted by atomic mass is 19.4. The molecule has 0 amide bonds. The van der Waals surface area contributed by atoms with Crippen LogP contribution in [0.1, 0.15) is 30.1 Å². The van der Waals surface area contributed by atoms with E-state index in [4.69, 9.17) is 4.74 Å². The monoisotopic (exact) mass is 531 g/mol. The van der Waals surface area contributed by atoms with Crippen LogP contribution in [0.5, 0.6) is 0 Å². The minimum Gasteiger partial charge on any atom is -0.367 e. The Balaban J connectivity index is 1.72. The summed E-state index contributed by atoms with van der Waals surface area (Å²) in [6, 6.07) is 7.67. The summed E-state index contributed by atoms with van der Waals surface area (Å²) in [6.07, 6.45) is -3.96. The fourth-order valence-electron chi connectivity index (χ4n) is 4.63. The van der Waals surface area contributed by atoms with E-state index in [2.05, 4.69) is 15.0 Å². The smallest absolute Gasteiger partial charge is 0.367 e. The van der Waals surface area contributed by atoms with Gasteiger partial charge >= 0.3 is 6.18 Å². The lowest BCUT2D eigenvalue weighted by Crippen LogP contribution is -2.43. The number of morpholine rings is 1. The van der Waals surface area contributed by atoms with Crippen molar-refractivity contribution in [3.63, 3.8) is 0 Å². The van der Waals surface area contributed by atoms with E-state index >= 15 is 0 Å². The highest BCUT2D eigenvalue weighted by molar-refractivity contribution is 5.93. The van der Waals surface area contributed by atoms with Crippen molar-refractivity contribution in [2.24, 2.45) is 7.05 Å². The Morgan fingerprint density at radius 3 is 2.50 bits per heavy atom. The molecule has 1 fully saturated rings. The maximum absolute atomic E-state index is 14.9. The van der Waals surface area contributed by atoms with Gasteiger partial charge < -0.3 is 9.64 Å². The predicted octanol–water partition coefficient (Wildman–Crippen LogP) is 4.96. The van der Waals surface area contributed by atoms with Crippen molar-refractivity contribution >= 4 is 16.7 Å². The number of hydrogen-bond acceptors (Lipinski definition) is 6. The Kier molecular flexibility index (Phi) is 6.38. The number of nitrogens with zero attached hydrogens (tertiary/aromatic N) is 5. The van der Waals surface area contributed by atoms with Crippen LogP contribution in [-0.4, -0.2) is 38.7 Å². The highest BCUT2D eigenvalue weighted by Crippen LogP contribution is 2.35. The van der Waals surface area contributed by atoms with Gasteiger partial charge in [-0.2, -0.15) is 13.2 Å². The topological polar surface area (TPSA) is 73.1 Å². The van der Waals surface area contributed by atoms with Crippen LogP contribution in [0.15, 0.2) is 47.4 Å². The highest BCUT2D eigenvalue weighted by Gasteiger charge is 2.37. The number of pyridine rings is 2. The molecule has 198 valence electrons. The number of aromatic nitrogens is 4. The average molecular weight is 531 g/mol. The summed E-state index contributed by atoms with van der Waals surface area (Å²) in [5.41, 5.74) is -0.325. The number of ether oxygens (including phenoxy) is 1. The molecule has 7 nitrogen and oxygen atoms in total. The maximum atomic E-state index is 14.9. The zero-order valence-electron chi connectivity index (χ0n) is 20.6. The van der Waals surface area contributed by atoms with Crippen molar-refractivity contribution < 1.29 is 26.7 Å². The molecule has 0 radical (unpaired) electrons. The van der Waals surface area contributed by atoms with E-state index in [1.54, 1.807) is 6.20 Å². The molecule has 1 aliphatic rings. The van der Waals surface area contributed by atoms with Gasteiger partial charge in [0, 0.05) is 43.7 Å². The summed E-state index contributed by atoms with van der Waals surface area (Å²) in [7, 11) is 0.967. The number of alkyl halides is 3. The fourth-order valence-corrected chi connectivity index (χ4v) is 4.63. The molecule has 3 aromatic heterocycles. The molecule has 38 heavy (non-hydrogen) atoms. The van der Waals surface area contributed by atoms with Crippen molar-refractivity contribution in [2.75, 3.05) is 18.0 Å². The summed E-state index contributed by atoms with van der Waals surface area (Å²) < 4.78 is 76.1. The van der Waals surface area contributed by atoms with Crippen molar-refractivity contribution in [3.8, 4) is 11.3 Å².